The van der Waals surface area contributed by atoms with Crippen molar-refractivity contribution in [2.45, 2.75) is 12.6 Å². The first kappa shape index (κ1) is 13.7. The smallest absolute Gasteiger partial charge is 0.330 e. The number of carboxylic acid groups (broad SMARTS) is 1. The van der Waals surface area contributed by atoms with Gasteiger partial charge in [-0.05, 0) is 11.6 Å². The van der Waals surface area contributed by atoms with E-state index in [4.69, 9.17) is 4.42 Å². The molecule has 1 aromatic heterocycles. The molecule has 0 fully saturated rings. The maximum Gasteiger partial charge on any atom is 0.330 e. The van der Waals surface area contributed by atoms with Crippen LogP contribution in [0.15, 0.2) is 53.3 Å². The van der Waals surface area contributed by atoms with Gasteiger partial charge < -0.3 is 20.2 Å². The van der Waals surface area contributed by atoms with Crippen LogP contribution in [0.4, 0.5) is 4.79 Å². The highest BCUT2D eigenvalue weighted by Crippen LogP contribution is 2.12. The monoisotopic (exact) mass is 274 g/mol. The van der Waals surface area contributed by atoms with E-state index in [-0.39, 0.29) is 6.54 Å². The first-order valence-electron chi connectivity index (χ1n) is 6.00. The number of hydrogen-bond donors (Lipinski definition) is 3. The summed E-state index contributed by atoms with van der Waals surface area (Å²) in [5.41, 5.74) is 1.31. The molecular formula is C14H14N2O4. The van der Waals surface area contributed by atoms with E-state index in [2.05, 4.69) is 10.6 Å². The van der Waals surface area contributed by atoms with Crippen LogP contribution in [0.1, 0.15) is 17.2 Å². The molecule has 0 bridgehead atoms. The summed E-state index contributed by atoms with van der Waals surface area (Å²) in [5, 5.41) is 14.2. The highest BCUT2D eigenvalue weighted by atomic mass is 16.4. The number of carbonyl (C=O) groups is 2. The molecule has 0 aliphatic rings. The molecule has 1 aromatic carbocycles. The number of benzene rings is 1. The third-order valence-electron chi connectivity index (χ3n) is 2.69. The average Bonchev–Trinajstić information content (AvgIpc) is 2.96. The van der Waals surface area contributed by atoms with E-state index >= 15 is 0 Å². The Bertz CT molecular complexity index is 566. The summed E-state index contributed by atoms with van der Waals surface area (Å²) in [5.74, 6) is -1.12. The Morgan fingerprint density at radius 3 is 2.55 bits per heavy atom. The van der Waals surface area contributed by atoms with Crippen LogP contribution >= 0.6 is 0 Å². The molecule has 6 heteroatoms. The first-order chi connectivity index (χ1) is 9.66. The van der Waals surface area contributed by atoms with E-state index < -0.39 is 18.0 Å². The molecular weight excluding hydrogens is 260 g/mol. The van der Waals surface area contributed by atoms with Crippen LogP contribution in [-0.4, -0.2) is 17.1 Å². The number of amides is 2. The van der Waals surface area contributed by atoms with Gasteiger partial charge in [0.15, 0.2) is 6.04 Å². The highest BCUT2D eigenvalue weighted by Gasteiger charge is 2.21. The van der Waals surface area contributed by atoms with Gasteiger partial charge in [0.1, 0.15) is 0 Å². The zero-order chi connectivity index (χ0) is 14.4. The Morgan fingerprint density at radius 2 is 1.95 bits per heavy atom. The number of furan rings is 1. The molecule has 20 heavy (non-hydrogen) atoms. The van der Waals surface area contributed by atoms with Gasteiger partial charge >= 0.3 is 12.0 Å². The van der Waals surface area contributed by atoms with E-state index in [1.165, 1.54) is 12.5 Å². The molecule has 1 atom stereocenters. The quantitative estimate of drug-likeness (QED) is 0.776. The second kappa shape index (κ2) is 6.42. The van der Waals surface area contributed by atoms with Gasteiger partial charge in [-0.25, -0.2) is 9.59 Å². The van der Waals surface area contributed by atoms with Crippen LogP contribution in [0.3, 0.4) is 0 Å². The molecule has 0 saturated carbocycles. The third-order valence-corrected chi connectivity index (χ3v) is 2.69. The second-order valence-corrected chi connectivity index (χ2v) is 4.14. The van der Waals surface area contributed by atoms with E-state index in [9.17, 15) is 14.7 Å². The van der Waals surface area contributed by atoms with Crippen molar-refractivity contribution in [1.82, 2.24) is 10.6 Å². The van der Waals surface area contributed by atoms with Crippen LogP contribution in [-0.2, 0) is 11.3 Å². The lowest BCUT2D eigenvalue weighted by molar-refractivity contribution is -0.139. The number of rotatable bonds is 5. The van der Waals surface area contributed by atoms with Gasteiger partial charge in [0.2, 0.25) is 0 Å². The zero-order valence-corrected chi connectivity index (χ0v) is 10.6. The molecule has 0 aliphatic heterocycles. The SMILES string of the molecule is O=C(NCc1ccoc1)NC(C(=O)O)c1ccccc1. The summed E-state index contributed by atoms with van der Waals surface area (Å²) < 4.78 is 4.87. The Labute approximate surface area is 115 Å². The minimum atomic E-state index is -1.12. The van der Waals surface area contributed by atoms with Crippen molar-refractivity contribution in [2.75, 3.05) is 0 Å². The molecule has 0 radical (unpaired) electrons. The Hall–Kier alpha value is -2.76. The summed E-state index contributed by atoms with van der Waals surface area (Å²) >= 11 is 0. The topological polar surface area (TPSA) is 91.6 Å². The molecule has 0 spiro atoms. The molecule has 1 heterocycles. The molecule has 0 saturated heterocycles. The fourth-order valence-electron chi connectivity index (χ4n) is 1.69. The Morgan fingerprint density at radius 1 is 1.20 bits per heavy atom. The minimum absolute atomic E-state index is 0.267. The standard InChI is InChI=1S/C14H14N2O4/c17-13(18)12(11-4-2-1-3-5-11)16-14(19)15-8-10-6-7-20-9-10/h1-7,9,12H,8H2,(H,17,18)(H2,15,16,19). The van der Waals surface area contributed by atoms with Crippen molar-refractivity contribution >= 4 is 12.0 Å². The van der Waals surface area contributed by atoms with Crippen LogP contribution in [0.25, 0.3) is 0 Å². The zero-order valence-electron chi connectivity index (χ0n) is 10.6. The van der Waals surface area contributed by atoms with Crippen molar-refractivity contribution < 1.29 is 19.1 Å². The van der Waals surface area contributed by atoms with Gasteiger partial charge in [0.05, 0.1) is 12.5 Å². The Balaban J connectivity index is 1.95. The summed E-state index contributed by atoms with van der Waals surface area (Å²) in [6, 6.07) is 8.59. The van der Waals surface area contributed by atoms with Gasteiger partial charge in [-0.2, -0.15) is 0 Å². The number of carbonyl (C=O) groups excluding carboxylic acids is 1. The van der Waals surface area contributed by atoms with Gasteiger partial charge in [0, 0.05) is 12.1 Å². The number of hydrogen-bond acceptors (Lipinski definition) is 3. The lowest BCUT2D eigenvalue weighted by Crippen LogP contribution is -2.40. The van der Waals surface area contributed by atoms with E-state index in [0.717, 1.165) is 5.56 Å². The van der Waals surface area contributed by atoms with E-state index in [0.29, 0.717) is 5.56 Å². The van der Waals surface area contributed by atoms with Gasteiger partial charge in [0.25, 0.3) is 0 Å². The molecule has 2 rings (SSSR count). The number of carboxylic acids is 1. The summed E-state index contributed by atoms with van der Waals surface area (Å²) in [6.45, 7) is 0.267. The van der Waals surface area contributed by atoms with Gasteiger partial charge in [-0.3, -0.25) is 0 Å². The van der Waals surface area contributed by atoms with Crippen LogP contribution in [0, 0.1) is 0 Å². The van der Waals surface area contributed by atoms with Gasteiger partial charge in [-0.1, -0.05) is 30.3 Å². The number of nitrogens with one attached hydrogen (secondary N) is 2. The maximum atomic E-state index is 11.7. The predicted octanol–water partition coefficient (Wildman–Crippen LogP) is 1.90. The predicted molar refractivity (Wildman–Crippen MR) is 70.9 cm³/mol. The van der Waals surface area contributed by atoms with Crippen molar-refractivity contribution in [2.24, 2.45) is 0 Å². The molecule has 3 N–H and O–H groups in total. The number of urea groups is 1. The number of aliphatic carboxylic acids is 1. The molecule has 0 aliphatic carbocycles. The molecule has 1 unspecified atom stereocenters. The average molecular weight is 274 g/mol. The summed E-state index contributed by atoms with van der Waals surface area (Å²) in [4.78, 5) is 22.9. The van der Waals surface area contributed by atoms with Crippen LogP contribution in [0.5, 0.6) is 0 Å². The van der Waals surface area contributed by atoms with Gasteiger partial charge in [-0.15, -0.1) is 0 Å². The van der Waals surface area contributed by atoms with Crippen molar-refractivity contribution in [3.63, 3.8) is 0 Å². The van der Waals surface area contributed by atoms with Crippen LogP contribution in [0.2, 0.25) is 0 Å². The van der Waals surface area contributed by atoms with E-state index in [1.807, 2.05) is 0 Å². The Kier molecular flexibility index (Phi) is 4.39. The molecule has 2 aromatic rings. The molecule has 2 amide bonds. The second-order valence-electron chi connectivity index (χ2n) is 4.14. The lowest BCUT2D eigenvalue weighted by atomic mass is 10.1. The van der Waals surface area contributed by atoms with Crippen molar-refractivity contribution in [3.05, 3.63) is 60.1 Å². The van der Waals surface area contributed by atoms with Crippen molar-refractivity contribution in [1.29, 1.82) is 0 Å². The third kappa shape index (κ3) is 3.61. The molecule has 6 nitrogen and oxygen atoms in total. The highest BCUT2D eigenvalue weighted by molar-refractivity contribution is 5.83. The normalized spacial score (nSPS) is 11.6. The summed E-state index contributed by atoms with van der Waals surface area (Å²) in [6.07, 6.45) is 3.01. The summed E-state index contributed by atoms with van der Waals surface area (Å²) in [7, 11) is 0. The molecule has 104 valence electrons. The first-order valence-corrected chi connectivity index (χ1v) is 6.00. The fraction of sp³-hybridized carbons (Fsp3) is 0.143. The van der Waals surface area contributed by atoms with E-state index in [1.54, 1.807) is 36.4 Å². The lowest BCUT2D eigenvalue weighted by Gasteiger charge is -2.15. The van der Waals surface area contributed by atoms with Crippen LogP contribution < -0.4 is 10.6 Å². The minimum Gasteiger partial charge on any atom is -0.479 e. The van der Waals surface area contributed by atoms with Crippen molar-refractivity contribution in [3.8, 4) is 0 Å². The largest absolute Gasteiger partial charge is 0.479 e. The maximum absolute atomic E-state index is 11.7. The fourth-order valence-corrected chi connectivity index (χ4v) is 1.69.